The van der Waals surface area contributed by atoms with Crippen LogP contribution >= 0.6 is 0 Å². The number of rotatable bonds is 11. The van der Waals surface area contributed by atoms with Crippen molar-refractivity contribution in [2.24, 2.45) is 0 Å². The monoisotopic (exact) mass is 358 g/mol. The summed E-state index contributed by atoms with van der Waals surface area (Å²) in [5.74, 6) is 1.49. The highest BCUT2D eigenvalue weighted by Gasteiger charge is 2.07. The highest BCUT2D eigenvalue weighted by Crippen LogP contribution is 2.29. The first-order valence-corrected chi connectivity index (χ1v) is 9.04. The lowest BCUT2D eigenvalue weighted by Gasteiger charge is -2.14. The van der Waals surface area contributed by atoms with Crippen LogP contribution in [0.15, 0.2) is 42.5 Å². The lowest BCUT2D eigenvalue weighted by Crippen LogP contribution is -2.31. The molecule has 5 heteroatoms. The van der Waals surface area contributed by atoms with Gasteiger partial charge in [-0.3, -0.25) is 0 Å². The molecular formula is C21H30N2O3. The Hall–Kier alpha value is -2.08. The van der Waals surface area contributed by atoms with Crippen molar-refractivity contribution in [3.63, 3.8) is 0 Å². The van der Waals surface area contributed by atoms with Crippen molar-refractivity contribution in [1.82, 2.24) is 10.6 Å². The quantitative estimate of drug-likeness (QED) is 0.539. The van der Waals surface area contributed by atoms with Gasteiger partial charge in [-0.1, -0.05) is 30.3 Å². The molecule has 0 bridgehead atoms. The molecule has 0 saturated carbocycles. The fourth-order valence-electron chi connectivity index (χ4n) is 2.59. The molecule has 0 aliphatic carbocycles. The number of aliphatic hydroxyl groups is 1. The molecule has 3 N–H and O–H groups in total. The van der Waals surface area contributed by atoms with E-state index < -0.39 is 0 Å². The summed E-state index contributed by atoms with van der Waals surface area (Å²) in [5, 5.41) is 15.7. The average molecular weight is 358 g/mol. The molecule has 0 aliphatic heterocycles. The molecule has 0 radical (unpaired) electrons. The van der Waals surface area contributed by atoms with Gasteiger partial charge in [0.15, 0.2) is 11.5 Å². The molecule has 0 heterocycles. The van der Waals surface area contributed by atoms with Gasteiger partial charge in [-0.25, -0.2) is 0 Å². The van der Waals surface area contributed by atoms with Crippen LogP contribution in [0.2, 0.25) is 0 Å². The lowest BCUT2D eigenvalue weighted by molar-refractivity contribution is 0.191. The van der Waals surface area contributed by atoms with E-state index in [-0.39, 0.29) is 6.10 Å². The van der Waals surface area contributed by atoms with Gasteiger partial charge in [0.05, 0.1) is 13.2 Å². The summed E-state index contributed by atoms with van der Waals surface area (Å²) < 4.78 is 11.4. The predicted molar refractivity (Wildman–Crippen MR) is 105 cm³/mol. The van der Waals surface area contributed by atoms with E-state index in [4.69, 9.17) is 9.47 Å². The van der Waals surface area contributed by atoms with Crippen molar-refractivity contribution in [2.45, 2.75) is 33.1 Å². The third kappa shape index (κ3) is 6.67. The van der Waals surface area contributed by atoms with Gasteiger partial charge in [0.25, 0.3) is 0 Å². The molecule has 0 spiro atoms. The van der Waals surface area contributed by atoms with E-state index in [9.17, 15) is 5.11 Å². The Morgan fingerprint density at radius 1 is 1.04 bits per heavy atom. The molecule has 1 atom stereocenters. The Morgan fingerprint density at radius 2 is 1.81 bits per heavy atom. The standard InChI is InChI=1S/C21H30N2O3/c1-16-6-4-5-7-19(16)15-26-20-9-8-18(12-21(20)25-3)14-23-11-10-22-13-17(2)24/h4-9,12,17,22-24H,10-11,13-15H2,1-3H3. The van der Waals surface area contributed by atoms with E-state index in [0.717, 1.165) is 36.7 Å². The van der Waals surface area contributed by atoms with Crippen LogP contribution in [0.25, 0.3) is 0 Å². The number of nitrogens with one attached hydrogen (secondary N) is 2. The lowest BCUT2D eigenvalue weighted by atomic mass is 10.1. The second kappa shape index (κ2) is 10.8. The maximum atomic E-state index is 9.19. The van der Waals surface area contributed by atoms with Crippen molar-refractivity contribution in [1.29, 1.82) is 0 Å². The summed E-state index contributed by atoms with van der Waals surface area (Å²) in [6, 6.07) is 14.2. The largest absolute Gasteiger partial charge is 0.493 e. The zero-order valence-corrected chi connectivity index (χ0v) is 15.9. The fraction of sp³-hybridized carbons (Fsp3) is 0.429. The maximum absolute atomic E-state index is 9.19. The highest BCUT2D eigenvalue weighted by atomic mass is 16.5. The third-order valence-corrected chi connectivity index (χ3v) is 4.12. The van der Waals surface area contributed by atoms with Gasteiger partial charge in [0, 0.05) is 26.2 Å². The summed E-state index contributed by atoms with van der Waals surface area (Å²) in [4.78, 5) is 0. The molecule has 0 amide bonds. The third-order valence-electron chi connectivity index (χ3n) is 4.12. The van der Waals surface area contributed by atoms with Crippen LogP contribution < -0.4 is 20.1 Å². The van der Waals surface area contributed by atoms with Crippen molar-refractivity contribution < 1.29 is 14.6 Å². The second-order valence-corrected chi connectivity index (χ2v) is 6.43. The number of hydrogen-bond donors (Lipinski definition) is 3. The van der Waals surface area contributed by atoms with Gasteiger partial charge in [-0.15, -0.1) is 0 Å². The van der Waals surface area contributed by atoms with E-state index >= 15 is 0 Å². The van der Waals surface area contributed by atoms with Crippen molar-refractivity contribution in [2.75, 3.05) is 26.7 Å². The molecule has 5 nitrogen and oxygen atoms in total. The SMILES string of the molecule is COc1cc(CNCCNCC(C)O)ccc1OCc1ccccc1C. The summed E-state index contributed by atoms with van der Waals surface area (Å²) in [6.07, 6.45) is -0.313. The number of ether oxygens (including phenoxy) is 2. The summed E-state index contributed by atoms with van der Waals surface area (Å²) in [7, 11) is 1.66. The van der Waals surface area contributed by atoms with Crippen LogP contribution in [0.1, 0.15) is 23.6 Å². The van der Waals surface area contributed by atoms with Crippen LogP contribution in [-0.2, 0) is 13.2 Å². The molecule has 0 aliphatic rings. The smallest absolute Gasteiger partial charge is 0.161 e. The zero-order chi connectivity index (χ0) is 18.8. The summed E-state index contributed by atoms with van der Waals surface area (Å²) in [6.45, 7) is 7.40. The Bertz CT molecular complexity index is 674. The van der Waals surface area contributed by atoms with Crippen molar-refractivity contribution in [3.8, 4) is 11.5 Å². The molecule has 2 aromatic carbocycles. The Morgan fingerprint density at radius 3 is 2.54 bits per heavy atom. The molecule has 142 valence electrons. The van der Waals surface area contributed by atoms with Gasteiger partial charge >= 0.3 is 0 Å². The molecule has 0 aromatic heterocycles. The molecule has 0 saturated heterocycles. The molecule has 2 rings (SSSR count). The van der Waals surface area contributed by atoms with E-state index in [1.807, 2.05) is 30.3 Å². The van der Waals surface area contributed by atoms with Crippen LogP contribution in [0, 0.1) is 6.92 Å². The number of methoxy groups -OCH3 is 1. The Balaban J connectivity index is 1.83. The van der Waals surface area contributed by atoms with E-state index in [1.54, 1.807) is 14.0 Å². The number of aryl methyl sites for hydroxylation is 1. The minimum Gasteiger partial charge on any atom is -0.493 e. The predicted octanol–water partition coefficient (Wildman–Crippen LogP) is 2.64. The number of aliphatic hydroxyl groups excluding tert-OH is 1. The molecule has 2 aromatic rings. The van der Waals surface area contributed by atoms with Crippen molar-refractivity contribution >= 4 is 0 Å². The summed E-state index contributed by atoms with van der Waals surface area (Å²) in [5.41, 5.74) is 3.53. The van der Waals surface area contributed by atoms with Crippen LogP contribution in [0.5, 0.6) is 11.5 Å². The molecule has 0 fully saturated rings. The maximum Gasteiger partial charge on any atom is 0.161 e. The zero-order valence-electron chi connectivity index (χ0n) is 15.9. The van der Waals surface area contributed by atoms with Gasteiger partial charge in [-0.05, 0) is 42.7 Å². The topological polar surface area (TPSA) is 62.8 Å². The van der Waals surface area contributed by atoms with E-state index in [1.165, 1.54) is 11.1 Å². The summed E-state index contributed by atoms with van der Waals surface area (Å²) >= 11 is 0. The van der Waals surface area contributed by atoms with Crippen molar-refractivity contribution in [3.05, 3.63) is 59.2 Å². The van der Waals surface area contributed by atoms with Gasteiger partial charge in [0.2, 0.25) is 0 Å². The van der Waals surface area contributed by atoms with Crippen LogP contribution in [0.3, 0.4) is 0 Å². The van der Waals surface area contributed by atoms with Gasteiger partial charge < -0.3 is 25.2 Å². The first kappa shape index (κ1) is 20.2. The van der Waals surface area contributed by atoms with Crippen LogP contribution in [0.4, 0.5) is 0 Å². The second-order valence-electron chi connectivity index (χ2n) is 6.43. The van der Waals surface area contributed by atoms with E-state index in [0.29, 0.717) is 13.2 Å². The minimum atomic E-state index is -0.313. The Kier molecular flexibility index (Phi) is 8.41. The highest BCUT2D eigenvalue weighted by molar-refractivity contribution is 5.43. The Labute approximate surface area is 156 Å². The molecule has 1 unspecified atom stereocenters. The fourth-order valence-corrected chi connectivity index (χ4v) is 2.59. The number of hydrogen-bond acceptors (Lipinski definition) is 5. The average Bonchev–Trinajstić information content (AvgIpc) is 2.64. The van der Waals surface area contributed by atoms with E-state index in [2.05, 4.69) is 29.7 Å². The molecule has 26 heavy (non-hydrogen) atoms. The van der Waals surface area contributed by atoms with Crippen LogP contribution in [-0.4, -0.2) is 38.0 Å². The van der Waals surface area contributed by atoms with Gasteiger partial charge in [-0.2, -0.15) is 0 Å². The first-order chi connectivity index (χ1) is 12.6. The number of benzene rings is 2. The molecular weight excluding hydrogens is 328 g/mol. The normalized spacial score (nSPS) is 12.0. The minimum absolute atomic E-state index is 0.313. The van der Waals surface area contributed by atoms with Gasteiger partial charge in [0.1, 0.15) is 6.61 Å². The first-order valence-electron chi connectivity index (χ1n) is 9.04.